The van der Waals surface area contributed by atoms with Gasteiger partial charge < -0.3 is 9.64 Å². The van der Waals surface area contributed by atoms with E-state index in [1.165, 1.54) is 0 Å². The van der Waals surface area contributed by atoms with Gasteiger partial charge in [-0.3, -0.25) is 9.69 Å². The van der Waals surface area contributed by atoms with E-state index < -0.39 is 5.41 Å². The molecule has 6 heteroatoms. The maximum atomic E-state index is 11.7. The molecule has 116 valence electrons. The molecule has 0 bridgehead atoms. The third-order valence-electron chi connectivity index (χ3n) is 3.46. The largest absolute Gasteiger partial charge is 0.464 e. The summed E-state index contributed by atoms with van der Waals surface area (Å²) >= 11 is 0. The van der Waals surface area contributed by atoms with Crippen molar-refractivity contribution in [1.82, 2.24) is 14.9 Å². The van der Waals surface area contributed by atoms with Crippen LogP contribution in [0.2, 0.25) is 0 Å². The average molecular weight is 292 g/mol. The second-order valence-corrected chi connectivity index (χ2v) is 6.26. The van der Waals surface area contributed by atoms with Crippen LogP contribution in [0, 0.1) is 5.41 Å². The Hall–Kier alpha value is -1.69. The molecular formula is C15H24N4O2. The number of aromatic nitrogens is 2. The second kappa shape index (κ2) is 6.85. The van der Waals surface area contributed by atoms with Gasteiger partial charge in [0, 0.05) is 45.1 Å². The third kappa shape index (κ3) is 4.67. The van der Waals surface area contributed by atoms with Gasteiger partial charge >= 0.3 is 5.97 Å². The van der Waals surface area contributed by atoms with Gasteiger partial charge in [0.2, 0.25) is 5.95 Å². The number of piperazine rings is 1. The van der Waals surface area contributed by atoms with Crippen LogP contribution in [-0.4, -0.2) is 60.2 Å². The summed E-state index contributed by atoms with van der Waals surface area (Å²) in [5, 5.41) is 0. The molecule has 0 N–H and O–H groups in total. The average Bonchev–Trinajstić information content (AvgIpc) is 2.48. The van der Waals surface area contributed by atoms with Crippen LogP contribution in [0.4, 0.5) is 5.95 Å². The molecule has 1 aromatic heterocycles. The molecule has 2 heterocycles. The first-order chi connectivity index (χ1) is 9.97. The van der Waals surface area contributed by atoms with Crippen molar-refractivity contribution < 1.29 is 9.53 Å². The Morgan fingerprint density at radius 2 is 1.81 bits per heavy atom. The fourth-order valence-electron chi connectivity index (χ4n) is 2.11. The Balaban J connectivity index is 1.69. The first-order valence-corrected chi connectivity index (χ1v) is 7.38. The van der Waals surface area contributed by atoms with Gasteiger partial charge in [-0.2, -0.15) is 0 Å². The van der Waals surface area contributed by atoms with Crippen LogP contribution in [0.1, 0.15) is 20.8 Å². The molecule has 0 spiro atoms. The molecule has 6 nitrogen and oxygen atoms in total. The van der Waals surface area contributed by atoms with Crippen LogP contribution in [0.15, 0.2) is 18.5 Å². The lowest BCUT2D eigenvalue weighted by Crippen LogP contribution is -2.48. The Morgan fingerprint density at radius 3 is 2.38 bits per heavy atom. The van der Waals surface area contributed by atoms with Crippen LogP contribution in [0.5, 0.6) is 0 Å². The zero-order valence-corrected chi connectivity index (χ0v) is 13.1. The highest BCUT2D eigenvalue weighted by molar-refractivity contribution is 5.75. The lowest BCUT2D eigenvalue weighted by molar-refractivity contribution is -0.153. The van der Waals surface area contributed by atoms with Crippen molar-refractivity contribution in [2.45, 2.75) is 20.8 Å². The zero-order valence-electron chi connectivity index (χ0n) is 13.1. The molecule has 0 aromatic carbocycles. The van der Waals surface area contributed by atoms with E-state index >= 15 is 0 Å². The minimum atomic E-state index is -0.427. The Kier molecular flexibility index (Phi) is 5.12. The predicted molar refractivity (Wildman–Crippen MR) is 81.1 cm³/mol. The highest BCUT2D eigenvalue weighted by Crippen LogP contribution is 2.15. The van der Waals surface area contributed by atoms with E-state index in [4.69, 9.17) is 4.74 Å². The van der Waals surface area contributed by atoms with Crippen LogP contribution in [0.3, 0.4) is 0 Å². The van der Waals surface area contributed by atoms with Gasteiger partial charge in [-0.15, -0.1) is 0 Å². The number of nitrogens with zero attached hydrogens (tertiary/aromatic N) is 4. The molecule has 1 fully saturated rings. The third-order valence-corrected chi connectivity index (χ3v) is 3.46. The minimum absolute atomic E-state index is 0.140. The Morgan fingerprint density at radius 1 is 1.19 bits per heavy atom. The minimum Gasteiger partial charge on any atom is -0.464 e. The Labute approximate surface area is 126 Å². The van der Waals surface area contributed by atoms with E-state index in [9.17, 15) is 4.79 Å². The van der Waals surface area contributed by atoms with Gasteiger partial charge in [0.25, 0.3) is 0 Å². The quantitative estimate of drug-likeness (QED) is 0.777. The summed E-state index contributed by atoms with van der Waals surface area (Å²) in [6.45, 7) is 10.5. The van der Waals surface area contributed by atoms with E-state index in [1.807, 2.05) is 26.8 Å². The molecule has 0 amide bonds. The highest BCUT2D eigenvalue weighted by Gasteiger charge is 2.23. The fourth-order valence-corrected chi connectivity index (χ4v) is 2.11. The van der Waals surface area contributed by atoms with Crippen LogP contribution >= 0.6 is 0 Å². The predicted octanol–water partition coefficient (Wildman–Crippen LogP) is 1.19. The van der Waals surface area contributed by atoms with E-state index in [0.717, 1.165) is 38.7 Å². The van der Waals surface area contributed by atoms with Crippen molar-refractivity contribution in [2.75, 3.05) is 44.2 Å². The molecule has 0 radical (unpaired) electrons. The Bertz CT molecular complexity index is 450. The number of ether oxygens (including phenoxy) is 1. The number of rotatable bonds is 4. The van der Waals surface area contributed by atoms with E-state index in [-0.39, 0.29) is 5.97 Å². The molecule has 1 aliphatic heterocycles. The lowest BCUT2D eigenvalue weighted by atomic mass is 9.97. The first kappa shape index (κ1) is 15.7. The molecule has 1 aliphatic rings. The summed E-state index contributed by atoms with van der Waals surface area (Å²) in [6, 6.07) is 1.82. The van der Waals surface area contributed by atoms with Gasteiger partial charge in [0.05, 0.1) is 5.41 Å². The molecular weight excluding hydrogens is 268 g/mol. The summed E-state index contributed by atoms with van der Waals surface area (Å²) in [4.78, 5) is 24.7. The highest BCUT2D eigenvalue weighted by atomic mass is 16.5. The SMILES string of the molecule is CC(C)(C)C(=O)OCCN1CCN(c2ncccn2)CC1. The van der Waals surface area contributed by atoms with Crippen LogP contribution < -0.4 is 4.90 Å². The number of carbonyl (C=O) groups is 1. The van der Waals surface area contributed by atoms with Crippen molar-refractivity contribution in [1.29, 1.82) is 0 Å². The number of anilines is 1. The van der Waals surface area contributed by atoms with Crippen LogP contribution in [0.25, 0.3) is 0 Å². The van der Waals surface area contributed by atoms with Crippen molar-refractivity contribution >= 4 is 11.9 Å². The smallest absolute Gasteiger partial charge is 0.311 e. The first-order valence-electron chi connectivity index (χ1n) is 7.38. The van der Waals surface area contributed by atoms with Crippen LogP contribution in [-0.2, 0) is 9.53 Å². The van der Waals surface area contributed by atoms with Crippen molar-refractivity contribution in [2.24, 2.45) is 5.41 Å². The normalized spacial score (nSPS) is 16.8. The van der Waals surface area contributed by atoms with Gasteiger partial charge in [-0.1, -0.05) is 0 Å². The maximum Gasteiger partial charge on any atom is 0.311 e. The van der Waals surface area contributed by atoms with Gasteiger partial charge in [-0.05, 0) is 26.8 Å². The molecule has 21 heavy (non-hydrogen) atoms. The fraction of sp³-hybridized carbons (Fsp3) is 0.667. The van der Waals surface area contributed by atoms with Gasteiger partial charge in [-0.25, -0.2) is 9.97 Å². The summed E-state index contributed by atoms with van der Waals surface area (Å²) in [5.74, 6) is 0.648. The summed E-state index contributed by atoms with van der Waals surface area (Å²) in [7, 11) is 0. The molecule has 1 saturated heterocycles. The lowest BCUT2D eigenvalue weighted by Gasteiger charge is -2.34. The number of hydrogen-bond acceptors (Lipinski definition) is 6. The number of esters is 1. The topological polar surface area (TPSA) is 58.6 Å². The maximum absolute atomic E-state index is 11.7. The molecule has 0 atom stereocenters. The van der Waals surface area contributed by atoms with Crippen molar-refractivity contribution in [3.05, 3.63) is 18.5 Å². The second-order valence-electron chi connectivity index (χ2n) is 6.26. The molecule has 0 saturated carbocycles. The molecule has 1 aromatic rings. The van der Waals surface area contributed by atoms with Gasteiger partial charge in [0.15, 0.2) is 0 Å². The van der Waals surface area contributed by atoms with E-state index in [1.54, 1.807) is 12.4 Å². The standard InChI is InChI=1S/C15H24N4O2/c1-15(2,3)13(20)21-12-11-18-7-9-19(10-8-18)14-16-5-4-6-17-14/h4-6H,7-12H2,1-3H3. The molecule has 2 rings (SSSR count). The monoisotopic (exact) mass is 292 g/mol. The molecule has 0 aliphatic carbocycles. The van der Waals surface area contributed by atoms with Crippen molar-refractivity contribution in [3.63, 3.8) is 0 Å². The molecule has 0 unspecified atom stereocenters. The number of carbonyl (C=O) groups excluding carboxylic acids is 1. The zero-order chi connectivity index (χ0) is 15.3. The summed E-state index contributed by atoms with van der Waals surface area (Å²) in [6.07, 6.45) is 3.53. The summed E-state index contributed by atoms with van der Waals surface area (Å²) in [5.41, 5.74) is -0.427. The summed E-state index contributed by atoms with van der Waals surface area (Å²) < 4.78 is 5.30. The number of hydrogen-bond donors (Lipinski definition) is 0. The van der Waals surface area contributed by atoms with E-state index in [0.29, 0.717) is 6.61 Å². The van der Waals surface area contributed by atoms with E-state index in [2.05, 4.69) is 19.8 Å². The van der Waals surface area contributed by atoms with Gasteiger partial charge in [0.1, 0.15) is 6.61 Å². The van der Waals surface area contributed by atoms with Crippen molar-refractivity contribution in [3.8, 4) is 0 Å².